The van der Waals surface area contributed by atoms with Crippen molar-refractivity contribution in [3.63, 3.8) is 0 Å². The fourth-order valence-electron chi connectivity index (χ4n) is 2.62. The van der Waals surface area contributed by atoms with Crippen LogP contribution in [0.2, 0.25) is 0 Å². The van der Waals surface area contributed by atoms with E-state index in [2.05, 4.69) is 35.5 Å². The van der Waals surface area contributed by atoms with Gasteiger partial charge in [0.25, 0.3) is 0 Å². The number of allylic oxidation sites excluding steroid dienone is 4. The molecule has 3 nitrogen and oxygen atoms in total. The SMILES string of the molecule is CN1CCC2(C=CC(=O)C=C2)c2sccc2C1.O=CC(F)(F)F. The van der Waals surface area contributed by atoms with E-state index in [9.17, 15) is 18.0 Å². The van der Waals surface area contributed by atoms with Gasteiger partial charge in [-0.15, -0.1) is 11.3 Å². The van der Waals surface area contributed by atoms with E-state index in [1.54, 1.807) is 23.5 Å². The number of thiophene rings is 1. The fourth-order valence-corrected chi connectivity index (χ4v) is 3.73. The number of hydrogen-bond donors (Lipinski definition) is 0. The Kier molecular flexibility index (Phi) is 5.21. The van der Waals surface area contributed by atoms with Crippen molar-refractivity contribution in [2.75, 3.05) is 13.6 Å². The summed E-state index contributed by atoms with van der Waals surface area (Å²) in [6.45, 7) is 2.07. The first kappa shape index (κ1) is 17.6. The Labute approximate surface area is 136 Å². The van der Waals surface area contributed by atoms with Crippen LogP contribution in [0.3, 0.4) is 0 Å². The predicted octanol–water partition coefficient (Wildman–Crippen LogP) is 3.26. The summed E-state index contributed by atoms with van der Waals surface area (Å²) in [5.41, 5.74) is 1.36. The minimum absolute atomic E-state index is 0.0395. The molecule has 0 unspecified atom stereocenters. The van der Waals surface area contributed by atoms with E-state index in [0.717, 1.165) is 19.5 Å². The second kappa shape index (κ2) is 6.80. The monoisotopic (exact) mass is 343 g/mol. The van der Waals surface area contributed by atoms with Crippen LogP contribution in [0.5, 0.6) is 0 Å². The van der Waals surface area contributed by atoms with E-state index in [0.29, 0.717) is 0 Å². The second-order valence-corrected chi connectivity index (χ2v) is 6.45. The predicted molar refractivity (Wildman–Crippen MR) is 82.4 cm³/mol. The van der Waals surface area contributed by atoms with Gasteiger partial charge in [-0.1, -0.05) is 12.2 Å². The topological polar surface area (TPSA) is 37.4 Å². The van der Waals surface area contributed by atoms with E-state index in [-0.39, 0.29) is 11.2 Å². The van der Waals surface area contributed by atoms with Crippen molar-refractivity contribution in [1.82, 2.24) is 4.90 Å². The molecule has 23 heavy (non-hydrogen) atoms. The lowest BCUT2D eigenvalue weighted by Gasteiger charge is -2.27. The smallest absolute Gasteiger partial charge is 0.302 e. The average Bonchev–Trinajstić information content (AvgIpc) is 2.91. The number of alkyl halides is 3. The van der Waals surface area contributed by atoms with Crippen LogP contribution in [0.15, 0.2) is 35.8 Å². The van der Waals surface area contributed by atoms with Crippen molar-refractivity contribution in [3.8, 4) is 0 Å². The number of fused-ring (bicyclic) bond motifs is 2. The molecule has 0 saturated carbocycles. The fraction of sp³-hybridized carbons (Fsp3) is 0.375. The Morgan fingerprint density at radius 2 is 1.91 bits per heavy atom. The van der Waals surface area contributed by atoms with Crippen LogP contribution in [0.1, 0.15) is 16.9 Å². The Morgan fingerprint density at radius 3 is 2.48 bits per heavy atom. The highest BCUT2D eigenvalue weighted by atomic mass is 32.1. The molecule has 1 aromatic rings. The van der Waals surface area contributed by atoms with Crippen LogP contribution in [0.25, 0.3) is 0 Å². The summed E-state index contributed by atoms with van der Waals surface area (Å²) < 4.78 is 31.2. The molecule has 1 spiro atoms. The van der Waals surface area contributed by atoms with Crippen LogP contribution in [-0.4, -0.2) is 36.7 Å². The average molecular weight is 343 g/mol. The number of rotatable bonds is 0. The van der Waals surface area contributed by atoms with E-state index >= 15 is 0 Å². The Hall–Kier alpha value is -1.73. The lowest BCUT2D eigenvalue weighted by molar-refractivity contribution is -0.156. The second-order valence-electron chi connectivity index (χ2n) is 5.53. The number of nitrogens with zero attached hydrogens (tertiary/aromatic N) is 1. The molecule has 0 atom stereocenters. The molecule has 0 aromatic carbocycles. The van der Waals surface area contributed by atoms with E-state index in [1.807, 2.05) is 0 Å². The highest BCUT2D eigenvalue weighted by molar-refractivity contribution is 7.10. The number of aldehydes is 1. The lowest BCUT2D eigenvalue weighted by atomic mass is 9.78. The Balaban J connectivity index is 0.000000277. The highest BCUT2D eigenvalue weighted by Gasteiger charge is 2.34. The van der Waals surface area contributed by atoms with Crippen molar-refractivity contribution in [2.24, 2.45) is 0 Å². The van der Waals surface area contributed by atoms with Crippen LogP contribution in [0, 0.1) is 0 Å². The molecule has 2 aliphatic rings. The molecule has 0 bridgehead atoms. The molecule has 0 fully saturated rings. The summed E-state index contributed by atoms with van der Waals surface area (Å²) in [6, 6.07) is 2.21. The van der Waals surface area contributed by atoms with Crippen molar-refractivity contribution < 1.29 is 22.8 Å². The summed E-state index contributed by atoms with van der Waals surface area (Å²) in [5.74, 6) is 0.103. The minimum Gasteiger partial charge on any atom is -0.302 e. The third-order valence-corrected chi connectivity index (χ3v) is 4.89. The molecule has 3 rings (SSSR count). The molecule has 0 amide bonds. The molecule has 1 aromatic heterocycles. The normalized spacial score (nSPS) is 19.7. The van der Waals surface area contributed by atoms with E-state index < -0.39 is 12.5 Å². The summed E-state index contributed by atoms with van der Waals surface area (Å²) in [4.78, 5) is 23.8. The molecule has 124 valence electrons. The molecule has 0 N–H and O–H groups in total. The van der Waals surface area contributed by atoms with Gasteiger partial charge in [0.1, 0.15) is 0 Å². The first-order chi connectivity index (χ1) is 10.8. The maximum atomic E-state index is 11.3. The Morgan fingerprint density at radius 1 is 1.30 bits per heavy atom. The molecule has 2 heterocycles. The standard InChI is InChI=1S/C14H15NOS.C2HF3O/c1-15-8-7-14(5-2-12(16)3-6-14)13-11(10-15)4-9-17-13;3-2(4,5)1-6/h2-6,9H,7-8,10H2,1H3;1H. The summed E-state index contributed by atoms with van der Waals surface area (Å²) in [5, 5.41) is 2.16. The Bertz CT molecular complexity index is 630. The molecule has 0 saturated heterocycles. The van der Waals surface area contributed by atoms with Gasteiger partial charge in [-0.25, -0.2) is 0 Å². The quantitative estimate of drug-likeness (QED) is 0.679. The zero-order valence-electron chi connectivity index (χ0n) is 12.5. The third kappa shape index (κ3) is 4.39. The van der Waals surface area contributed by atoms with Gasteiger partial charge in [-0.05, 0) is 49.2 Å². The largest absolute Gasteiger partial charge is 0.446 e. The summed E-state index contributed by atoms with van der Waals surface area (Å²) in [6.07, 6.45) is 2.96. The summed E-state index contributed by atoms with van der Waals surface area (Å²) >= 11 is 1.81. The maximum Gasteiger partial charge on any atom is 0.446 e. The lowest BCUT2D eigenvalue weighted by Crippen LogP contribution is -2.25. The zero-order chi connectivity index (χ0) is 17.1. The van der Waals surface area contributed by atoms with Crippen LogP contribution in [0.4, 0.5) is 13.2 Å². The summed E-state index contributed by atoms with van der Waals surface area (Å²) in [7, 11) is 2.15. The number of ketones is 1. The molecule has 7 heteroatoms. The maximum absolute atomic E-state index is 11.3. The number of halogens is 3. The van der Waals surface area contributed by atoms with Gasteiger partial charge in [0.15, 0.2) is 5.78 Å². The van der Waals surface area contributed by atoms with Gasteiger partial charge in [0, 0.05) is 16.8 Å². The van der Waals surface area contributed by atoms with Gasteiger partial charge in [-0.2, -0.15) is 13.2 Å². The van der Waals surface area contributed by atoms with E-state index in [4.69, 9.17) is 4.79 Å². The van der Waals surface area contributed by atoms with Gasteiger partial charge >= 0.3 is 6.18 Å². The van der Waals surface area contributed by atoms with E-state index in [1.165, 1.54) is 10.4 Å². The van der Waals surface area contributed by atoms with Crippen molar-refractivity contribution in [1.29, 1.82) is 0 Å². The molecular formula is C16H16F3NO2S. The number of hydrogen-bond acceptors (Lipinski definition) is 4. The first-order valence-corrected chi connectivity index (χ1v) is 7.85. The van der Waals surface area contributed by atoms with Gasteiger partial charge in [0.2, 0.25) is 6.29 Å². The van der Waals surface area contributed by atoms with Gasteiger partial charge < -0.3 is 4.90 Å². The molecule has 0 radical (unpaired) electrons. The number of carbonyl (C=O) groups is 2. The van der Waals surface area contributed by atoms with Crippen LogP contribution in [-0.2, 0) is 21.5 Å². The van der Waals surface area contributed by atoms with Crippen molar-refractivity contribution in [2.45, 2.75) is 24.6 Å². The van der Waals surface area contributed by atoms with Crippen molar-refractivity contribution in [3.05, 3.63) is 46.2 Å². The minimum atomic E-state index is -4.64. The van der Waals surface area contributed by atoms with Crippen LogP contribution >= 0.6 is 11.3 Å². The third-order valence-electron chi connectivity index (χ3n) is 3.74. The van der Waals surface area contributed by atoms with Crippen LogP contribution < -0.4 is 0 Å². The van der Waals surface area contributed by atoms with Gasteiger partial charge in [0.05, 0.1) is 0 Å². The molecular weight excluding hydrogens is 327 g/mol. The zero-order valence-corrected chi connectivity index (χ0v) is 13.3. The highest BCUT2D eigenvalue weighted by Crippen LogP contribution is 2.41. The number of carbonyl (C=O) groups excluding carboxylic acids is 2. The van der Waals surface area contributed by atoms with Gasteiger partial charge in [-0.3, -0.25) is 9.59 Å². The van der Waals surface area contributed by atoms with Crippen molar-refractivity contribution >= 4 is 23.4 Å². The molecule has 1 aliphatic heterocycles. The first-order valence-electron chi connectivity index (χ1n) is 6.97. The molecule has 1 aliphatic carbocycles.